The third kappa shape index (κ3) is 5.53. The number of benzene rings is 2. The van der Waals surface area contributed by atoms with E-state index >= 15 is 0 Å². The molecule has 3 rings (SSSR count). The van der Waals surface area contributed by atoms with Gasteiger partial charge in [0.05, 0.1) is 6.10 Å². The molecule has 0 spiro atoms. The van der Waals surface area contributed by atoms with Gasteiger partial charge in [-0.05, 0) is 23.3 Å². The zero-order valence-electron chi connectivity index (χ0n) is 14.2. The standard InChI is InChI=1S/C19H14F4O5/c20-13-6-12(7-14(8-13)28-19(21,22)23)17-16(27-17)9-15(24)18(25)26-10-11-4-2-1-3-5-11/h1-8,16-17H,9-10H2/t16-,17?/m1/s1. The van der Waals surface area contributed by atoms with Crippen LogP contribution in [-0.2, 0) is 25.7 Å². The molecular formula is C19H14F4O5. The van der Waals surface area contributed by atoms with Gasteiger partial charge in [-0.25, -0.2) is 9.18 Å². The van der Waals surface area contributed by atoms with E-state index in [9.17, 15) is 27.2 Å². The number of hydrogen-bond donors (Lipinski definition) is 0. The molecule has 2 aromatic rings. The van der Waals surface area contributed by atoms with Crippen LogP contribution in [0, 0.1) is 5.82 Å². The second-order valence-electron chi connectivity index (χ2n) is 6.05. The topological polar surface area (TPSA) is 65.1 Å². The molecule has 1 fully saturated rings. The van der Waals surface area contributed by atoms with Crippen LogP contribution >= 0.6 is 0 Å². The minimum atomic E-state index is -4.96. The molecule has 1 aliphatic rings. The number of epoxide rings is 1. The van der Waals surface area contributed by atoms with E-state index in [2.05, 4.69) is 4.74 Å². The summed E-state index contributed by atoms with van der Waals surface area (Å²) in [5.41, 5.74) is 0.788. The first-order valence-electron chi connectivity index (χ1n) is 8.17. The third-order valence-electron chi connectivity index (χ3n) is 3.87. The van der Waals surface area contributed by atoms with E-state index < -0.39 is 41.9 Å². The van der Waals surface area contributed by atoms with Crippen molar-refractivity contribution >= 4 is 11.8 Å². The van der Waals surface area contributed by atoms with Gasteiger partial charge in [0.1, 0.15) is 24.3 Å². The maximum atomic E-state index is 13.5. The Bertz CT molecular complexity index is 866. The number of hydrogen-bond acceptors (Lipinski definition) is 5. The highest BCUT2D eigenvalue weighted by Crippen LogP contribution is 2.42. The molecule has 0 amide bonds. The van der Waals surface area contributed by atoms with E-state index in [-0.39, 0.29) is 18.6 Å². The van der Waals surface area contributed by atoms with Crippen LogP contribution in [0.2, 0.25) is 0 Å². The SMILES string of the molecule is O=C(C[C@H]1OC1c1cc(F)cc(OC(F)(F)F)c1)C(=O)OCc1ccccc1. The van der Waals surface area contributed by atoms with Gasteiger partial charge in [0.15, 0.2) is 0 Å². The van der Waals surface area contributed by atoms with E-state index in [1.54, 1.807) is 30.3 Å². The summed E-state index contributed by atoms with van der Waals surface area (Å²) < 4.78 is 64.2. The number of Topliss-reactive ketones (excluding diaryl/α,β-unsaturated/α-hetero) is 1. The molecule has 1 aliphatic heterocycles. The maximum absolute atomic E-state index is 13.5. The maximum Gasteiger partial charge on any atom is 0.573 e. The van der Waals surface area contributed by atoms with Crippen LogP contribution in [0.5, 0.6) is 5.75 Å². The minimum absolute atomic E-state index is 0.0671. The summed E-state index contributed by atoms with van der Waals surface area (Å²) in [4.78, 5) is 23.7. The monoisotopic (exact) mass is 398 g/mol. The van der Waals surface area contributed by atoms with E-state index in [0.717, 1.165) is 12.1 Å². The van der Waals surface area contributed by atoms with Crippen molar-refractivity contribution in [1.29, 1.82) is 0 Å². The van der Waals surface area contributed by atoms with Gasteiger partial charge < -0.3 is 14.2 Å². The minimum Gasteiger partial charge on any atom is -0.455 e. The predicted octanol–water partition coefficient (Wildman–Crippen LogP) is 3.87. The fourth-order valence-electron chi connectivity index (χ4n) is 2.60. The average molecular weight is 398 g/mol. The molecule has 1 unspecified atom stereocenters. The molecule has 0 aliphatic carbocycles. The number of rotatable bonds is 7. The van der Waals surface area contributed by atoms with Crippen molar-refractivity contribution in [1.82, 2.24) is 0 Å². The number of carbonyl (C=O) groups is 2. The van der Waals surface area contributed by atoms with Crippen LogP contribution in [0.4, 0.5) is 17.6 Å². The molecule has 2 aromatic carbocycles. The van der Waals surface area contributed by atoms with Crippen LogP contribution in [0.25, 0.3) is 0 Å². The zero-order chi connectivity index (χ0) is 20.3. The van der Waals surface area contributed by atoms with Crippen molar-refractivity contribution in [3.8, 4) is 5.75 Å². The highest BCUT2D eigenvalue weighted by atomic mass is 19.4. The molecule has 2 atom stereocenters. The first-order chi connectivity index (χ1) is 13.2. The smallest absolute Gasteiger partial charge is 0.455 e. The summed E-state index contributed by atoms with van der Waals surface area (Å²) in [5.74, 6) is -3.56. The molecular weight excluding hydrogens is 384 g/mol. The molecule has 28 heavy (non-hydrogen) atoms. The summed E-state index contributed by atoms with van der Waals surface area (Å²) >= 11 is 0. The lowest BCUT2D eigenvalue weighted by atomic mass is 10.1. The molecule has 1 heterocycles. The normalized spacial score (nSPS) is 18.4. The lowest BCUT2D eigenvalue weighted by Crippen LogP contribution is -2.19. The molecule has 0 bridgehead atoms. The average Bonchev–Trinajstić information content (AvgIpc) is 3.37. The number of ketones is 1. The molecule has 148 valence electrons. The van der Waals surface area contributed by atoms with Gasteiger partial charge in [-0.2, -0.15) is 0 Å². The van der Waals surface area contributed by atoms with Gasteiger partial charge in [-0.15, -0.1) is 13.2 Å². The van der Waals surface area contributed by atoms with Crippen molar-refractivity contribution in [2.45, 2.75) is 31.6 Å². The molecule has 0 aromatic heterocycles. The van der Waals surface area contributed by atoms with Crippen LogP contribution in [0.3, 0.4) is 0 Å². The molecule has 1 saturated heterocycles. The highest BCUT2D eigenvalue weighted by Gasteiger charge is 2.43. The van der Waals surface area contributed by atoms with Crippen LogP contribution < -0.4 is 4.74 Å². The second kappa shape index (κ2) is 7.97. The quantitative estimate of drug-likeness (QED) is 0.307. The Balaban J connectivity index is 1.54. The third-order valence-corrected chi connectivity index (χ3v) is 3.87. The van der Waals surface area contributed by atoms with Gasteiger partial charge in [0.25, 0.3) is 0 Å². The van der Waals surface area contributed by atoms with E-state index in [1.165, 1.54) is 0 Å². The van der Waals surface area contributed by atoms with Crippen molar-refractivity contribution < 1.29 is 41.4 Å². The van der Waals surface area contributed by atoms with E-state index in [1.807, 2.05) is 0 Å². The molecule has 0 radical (unpaired) electrons. The predicted molar refractivity (Wildman–Crippen MR) is 86.6 cm³/mol. The molecule has 0 saturated carbocycles. The lowest BCUT2D eigenvalue weighted by Gasteiger charge is -2.09. The molecule has 5 nitrogen and oxygen atoms in total. The Labute approximate surface area is 156 Å². The lowest BCUT2D eigenvalue weighted by molar-refractivity contribution is -0.274. The van der Waals surface area contributed by atoms with Crippen LogP contribution in [-0.4, -0.2) is 24.2 Å². The van der Waals surface area contributed by atoms with Crippen molar-refractivity contribution in [2.75, 3.05) is 0 Å². The Morgan fingerprint density at radius 1 is 1.07 bits per heavy atom. The summed E-state index contributed by atoms with van der Waals surface area (Å²) in [7, 11) is 0. The Kier molecular flexibility index (Phi) is 5.64. The van der Waals surface area contributed by atoms with E-state index in [4.69, 9.17) is 9.47 Å². The van der Waals surface area contributed by atoms with Gasteiger partial charge in [-0.3, -0.25) is 4.79 Å². The van der Waals surface area contributed by atoms with Crippen molar-refractivity contribution in [3.05, 3.63) is 65.5 Å². The fourth-order valence-corrected chi connectivity index (χ4v) is 2.60. The summed E-state index contributed by atoms with van der Waals surface area (Å²) in [6.07, 6.45) is -6.85. The van der Waals surface area contributed by atoms with Gasteiger partial charge in [-0.1, -0.05) is 30.3 Å². The number of halogens is 4. The Morgan fingerprint density at radius 3 is 2.46 bits per heavy atom. The Morgan fingerprint density at radius 2 is 1.79 bits per heavy atom. The highest BCUT2D eigenvalue weighted by molar-refractivity contribution is 6.33. The number of carbonyl (C=O) groups excluding carboxylic acids is 2. The van der Waals surface area contributed by atoms with Crippen molar-refractivity contribution in [2.24, 2.45) is 0 Å². The summed E-state index contributed by atoms with van der Waals surface area (Å²) in [6, 6.07) is 11.3. The van der Waals surface area contributed by atoms with Gasteiger partial charge in [0, 0.05) is 12.5 Å². The summed E-state index contributed by atoms with van der Waals surface area (Å²) in [5, 5.41) is 0. The van der Waals surface area contributed by atoms with Crippen LogP contribution in [0.1, 0.15) is 23.7 Å². The fraction of sp³-hybridized carbons (Fsp3) is 0.263. The van der Waals surface area contributed by atoms with Gasteiger partial charge in [0.2, 0.25) is 5.78 Å². The molecule has 0 N–H and O–H groups in total. The van der Waals surface area contributed by atoms with Crippen molar-refractivity contribution in [3.63, 3.8) is 0 Å². The zero-order valence-corrected chi connectivity index (χ0v) is 14.2. The largest absolute Gasteiger partial charge is 0.573 e. The summed E-state index contributed by atoms with van der Waals surface area (Å²) in [6.45, 7) is -0.0671. The first kappa shape index (κ1) is 19.8. The first-order valence-corrected chi connectivity index (χ1v) is 8.17. The van der Waals surface area contributed by atoms with Gasteiger partial charge >= 0.3 is 12.3 Å². The number of alkyl halides is 3. The second-order valence-corrected chi connectivity index (χ2v) is 6.05. The van der Waals surface area contributed by atoms with Crippen LogP contribution in [0.15, 0.2) is 48.5 Å². The van der Waals surface area contributed by atoms with E-state index in [0.29, 0.717) is 11.6 Å². The number of ether oxygens (including phenoxy) is 3. The Hall–Kier alpha value is -2.94. The molecule has 9 heteroatoms. The number of esters is 1.